The second-order valence-electron chi connectivity index (χ2n) is 4.03. The van der Waals surface area contributed by atoms with Crippen LogP contribution in [0.4, 0.5) is 5.69 Å². The van der Waals surface area contributed by atoms with E-state index in [1.807, 2.05) is 0 Å². The predicted molar refractivity (Wildman–Crippen MR) is 84.4 cm³/mol. The Morgan fingerprint density at radius 3 is 2.57 bits per heavy atom. The maximum atomic E-state index is 11.7. The first-order valence-corrected chi connectivity index (χ1v) is 7.14. The number of aliphatic hydroxyl groups excluding tert-OH is 1. The van der Waals surface area contributed by atoms with Crippen LogP contribution in [-0.4, -0.2) is 30.8 Å². The van der Waals surface area contributed by atoms with Crippen molar-refractivity contribution in [3.05, 3.63) is 38.0 Å². The third-order valence-corrected chi connectivity index (χ3v) is 3.80. The summed E-state index contributed by atoms with van der Waals surface area (Å²) in [4.78, 5) is 16.8. The van der Waals surface area contributed by atoms with Gasteiger partial charge in [-0.25, -0.2) is 9.79 Å². The number of anilines is 1. The van der Waals surface area contributed by atoms with E-state index in [9.17, 15) is 9.90 Å². The Morgan fingerprint density at radius 2 is 2.05 bits per heavy atom. The first-order valence-electron chi connectivity index (χ1n) is 5.60. The van der Waals surface area contributed by atoms with Crippen molar-refractivity contribution in [2.24, 2.45) is 10.7 Å². The van der Waals surface area contributed by atoms with Crippen molar-refractivity contribution in [3.63, 3.8) is 0 Å². The molecule has 1 heterocycles. The standard InChI is InChI=1S/C12H10BrCl2N3O3/c1-21-12(20)8-10(16)17-4-18(11(8)19)9-6(14)2-5(13)3-7(9)15/h2-4,11,19H,16H2,1H3. The summed E-state index contributed by atoms with van der Waals surface area (Å²) >= 11 is 15.5. The Bertz CT molecular complexity index is 640. The highest BCUT2D eigenvalue weighted by atomic mass is 79.9. The topological polar surface area (TPSA) is 88.2 Å². The fourth-order valence-corrected chi connectivity index (χ4v) is 3.21. The Labute approximate surface area is 138 Å². The van der Waals surface area contributed by atoms with E-state index in [4.69, 9.17) is 28.9 Å². The number of ether oxygens (including phenoxy) is 1. The molecule has 2 rings (SSSR count). The molecule has 0 saturated heterocycles. The van der Waals surface area contributed by atoms with Gasteiger partial charge in [0.25, 0.3) is 0 Å². The SMILES string of the molecule is COC(=O)C1=C(N)N=CN(c2c(Cl)cc(Br)cc2Cl)C1O. The summed E-state index contributed by atoms with van der Waals surface area (Å²) in [6, 6.07) is 3.20. The van der Waals surface area contributed by atoms with Crippen molar-refractivity contribution in [1.82, 2.24) is 0 Å². The Kier molecular flexibility index (Phi) is 4.77. The Hall–Kier alpha value is -1.28. The van der Waals surface area contributed by atoms with Crippen LogP contribution in [-0.2, 0) is 9.53 Å². The highest BCUT2D eigenvalue weighted by Gasteiger charge is 2.33. The summed E-state index contributed by atoms with van der Waals surface area (Å²) in [5.74, 6) is -0.916. The van der Waals surface area contributed by atoms with Crippen LogP contribution < -0.4 is 10.6 Å². The molecule has 1 aromatic carbocycles. The van der Waals surface area contributed by atoms with Crippen molar-refractivity contribution in [2.75, 3.05) is 12.0 Å². The van der Waals surface area contributed by atoms with Crippen LogP contribution in [0.2, 0.25) is 10.0 Å². The molecule has 0 aromatic heterocycles. The van der Waals surface area contributed by atoms with Gasteiger partial charge in [0, 0.05) is 4.47 Å². The summed E-state index contributed by atoms with van der Waals surface area (Å²) in [6.45, 7) is 0. The molecular weight excluding hydrogens is 385 g/mol. The average molecular weight is 395 g/mol. The van der Waals surface area contributed by atoms with E-state index >= 15 is 0 Å². The zero-order valence-corrected chi connectivity index (χ0v) is 13.8. The molecule has 9 heteroatoms. The number of aliphatic imine (C=N–C) groups is 1. The summed E-state index contributed by atoms with van der Waals surface area (Å²) in [5, 5.41) is 10.9. The molecule has 3 N–H and O–H groups in total. The van der Waals surface area contributed by atoms with E-state index in [-0.39, 0.29) is 21.4 Å². The maximum Gasteiger partial charge on any atom is 0.342 e. The van der Waals surface area contributed by atoms with E-state index in [0.29, 0.717) is 10.2 Å². The molecule has 0 fully saturated rings. The fraction of sp³-hybridized carbons (Fsp3) is 0.167. The fourth-order valence-electron chi connectivity index (χ4n) is 1.81. The van der Waals surface area contributed by atoms with E-state index in [1.54, 1.807) is 12.1 Å². The first kappa shape index (κ1) is 16.1. The van der Waals surface area contributed by atoms with Crippen LogP contribution in [0, 0.1) is 0 Å². The number of carbonyl (C=O) groups excluding carboxylic acids is 1. The van der Waals surface area contributed by atoms with E-state index in [2.05, 4.69) is 25.7 Å². The second kappa shape index (κ2) is 6.23. The first-order chi connectivity index (χ1) is 9.86. The van der Waals surface area contributed by atoms with Crippen LogP contribution in [0.5, 0.6) is 0 Å². The van der Waals surface area contributed by atoms with Crippen molar-refractivity contribution in [1.29, 1.82) is 0 Å². The summed E-state index contributed by atoms with van der Waals surface area (Å²) < 4.78 is 5.26. The van der Waals surface area contributed by atoms with Crippen LogP contribution >= 0.6 is 39.1 Å². The van der Waals surface area contributed by atoms with Gasteiger partial charge in [-0.05, 0) is 12.1 Å². The van der Waals surface area contributed by atoms with Gasteiger partial charge >= 0.3 is 5.97 Å². The molecule has 0 aliphatic carbocycles. The maximum absolute atomic E-state index is 11.7. The van der Waals surface area contributed by atoms with Crippen LogP contribution in [0.3, 0.4) is 0 Å². The number of esters is 1. The van der Waals surface area contributed by atoms with Crippen LogP contribution in [0.15, 0.2) is 33.0 Å². The van der Waals surface area contributed by atoms with Gasteiger partial charge in [-0.15, -0.1) is 0 Å². The monoisotopic (exact) mass is 393 g/mol. The zero-order chi connectivity index (χ0) is 15.7. The number of methoxy groups -OCH3 is 1. The summed E-state index contributed by atoms with van der Waals surface area (Å²) in [7, 11) is 1.18. The minimum absolute atomic E-state index is 0.130. The Morgan fingerprint density at radius 1 is 1.48 bits per heavy atom. The molecule has 1 aromatic rings. The average Bonchev–Trinajstić information content (AvgIpc) is 2.40. The van der Waals surface area contributed by atoms with Gasteiger partial charge in [0.05, 0.1) is 29.2 Å². The number of aliphatic hydroxyl groups is 1. The van der Waals surface area contributed by atoms with Crippen molar-refractivity contribution in [2.45, 2.75) is 6.23 Å². The number of rotatable bonds is 2. The molecular formula is C12H10BrCl2N3O3. The molecule has 1 aliphatic rings. The van der Waals surface area contributed by atoms with Crippen LogP contribution in [0.1, 0.15) is 0 Å². The number of nitrogens with two attached hydrogens (primary N) is 1. The van der Waals surface area contributed by atoms with Crippen molar-refractivity contribution < 1.29 is 14.6 Å². The minimum Gasteiger partial charge on any atom is -0.465 e. The lowest BCUT2D eigenvalue weighted by Gasteiger charge is -2.31. The van der Waals surface area contributed by atoms with Gasteiger partial charge in [-0.1, -0.05) is 39.1 Å². The molecule has 1 atom stereocenters. The number of hydrogen-bond acceptors (Lipinski definition) is 6. The second-order valence-corrected chi connectivity index (χ2v) is 5.76. The highest BCUT2D eigenvalue weighted by Crippen LogP contribution is 2.38. The molecule has 0 bridgehead atoms. The van der Waals surface area contributed by atoms with Crippen molar-refractivity contribution in [3.8, 4) is 0 Å². The number of benzene rings is 1. The summed E-state index contributed by atoms with van der Waals surface area (Å²) in [5.41, 5.74) is 5.72. The normalized spacial score (nSPS) is 18.1. The van der Waals surface area contributed by atoms with E-state index < -0.39 is 12.2 Å². The number of nitrogens with zero attached hydrogens (tertiary/aromatic N) is 2. The van der Waals surface area contributed by atoms with Gasteiger partial charge in [0.1, 0.15) is 11.4 Å². The van der Waals surface area contributed by atoms with Gasteiger partial charge in [-0.3, -0.25) is 4.90 Å². The third kappa shape index (κ3) is 3.01. The molecule has 1 unspecified atom stereocenters. The minimum atomic E-state index is -1.41. The lowest BCUT2D eigenvalue weighted by molar-refractivity contribution is -0.137. The largest absolute Gasteiger partial charge is 0.465 e. The van der Waals surface area contributed by atoms with E-state index in [0.717, 1.165) is 0 Å². The van der Waals surface area contributed by atoms with Gasteiger partial charge in [0.2, 0.25) is 0 Å². The molecule has 21 heavy (non-hydrogen) atoms. The molecule has 0 radical (unpaired) electrons. The molecule has 0 amide bonds. The molecule has 112 valence electrons. The highest BCUT2D eigenvalue weighted by molar-refractivity contribution is 9.10. The molecule has 0 saturated carbocycles. The predicted octanol–water partition coefficient (Wildman–Crippen LogP) is 2.27. The van der Waals surface area contributed by atoms with E-state index in [1.165, 1.54) is 18.3 Å². The smallest absolute Gasteiger partial charge is 0.342 e. The lowest BCUT2D eigenvalue weighted by atomic mass is 10.1. The lowest BCUT2D eigenvalue weighted by Crippen LogP contribution is -2.42. The van der Waals surface area contributed by atoms with Gasteiger partial charge < -0.3 is 15.6 Å². The summed E-state index contributed by atoms with van der Waals surface area (Å²) in [6.07, 6.45) is -0.168. The third-order valence-electron chi connectivity index (χ3n) is 2.76. The molecule has 0 spiro atoms. The number of carbonyl (C=O) groups is 1. The quantitative estimate of drug-likeness (QED) is 0.751. The zero-order valence-electron chi connectivity index (χ0n) is 10.7. The number of hydrogen-bond donors (Lipinski definition) is 2. The number of halogens is 3. The molecule has 6 nitrogen and oxygen atoms in total. The van der Waals surface area contributed by atoms with Crippen LogP contribution in [0.25, 0.3) is 0 Å². The Balaban J connectivity index is 2.50. The molecule has 1 aliphatic heterocycles. The van der Waals surface area contributed by atoms with Gasteiger partial charge in [-0.2, -0.15) is 0 Å². The van der Waals surface area contributed by atoms with Crippen molar-refractivity contribution >= 4 is 57.1 Å². The van der Waals surface area contributed by atoms with Gasteiger partial charge in [0.15, 0.2) is 6.23 Å².